The van der Waals surface area contributed by atoms with Gasteiger partial charge in [0.15, 0.2) is 0 Å². The van der Waals surface area contributed by atoms with E-state index in [9.17, 15) is 4.79 Å². The SMILES string of the molecule is O=C(Cc1cccc2ccccc12)N1CCN(Cc2ccccn2)CC1. The predicted octanol–water partition coefficient (Wildman–Crippen LogP) is 3.12. The van der Waals surface area contributed by atoms with Crippen LogP contribution in [-0.2, 0) is 17.8 Å². The van der Waals surface area contributed by atoms with E-state index in [4.69, 9.17) is 0 Å². The number of carbonyl (C=O) groups is 1. The molecule has 0 spiro atoms. The molecule has 1 saturated heterocycles. The molecule has 0 saturated carbocycles. The van der Waals surface area contributed by atoms with Crippen LogP contribution in [0.1, 0.15) is 11.3 Å². The molecular weight excluding hydrogens is 322 g/mol. The minimum absolute atomic E-state index is 0.221. The lowest BCUT2D eigenvalue weighted by Crippen LogP contribution is -2.48. The van der Waals surface area contributed by atoms with Crippen molar-refractivity contribution in [3.8, 4) is 0 Å². The number of benzene rings is 2. The maximum Gasteiger partial charge on any atom is 0.227 e. The van der Waals surface area contributed by atoms with Crippen LogP contribution in [0.25, 0.3) is 10.8 Å². The molecule has 0 aliphatic carbocycles. The molecule has 1 aliphatic rings. The van der Waals surface area contributed by atoms with Gasteiger partial charge in [-0.25, -0.2) is 0 Å². The van der Waals surface area contributed by atoms with Gasteiger partial charge in [-0.05, 0) is 28.5 Å². The quantitative estimate of drug-likeness (QED) is 0.729. The Kier molecular flexibility index (Phi) is 4.93. The van der Waals surface area contributed by atoms with Crippen LogP contribution in [0, 0.1) is 0 Å². The zero-order valence-electron chi connectivity index (χ0n) is 14.8. The molecule has 1 fully saturated rings. The second-order valence-electron chi connectivity index (χ2n) is 6.79. The lowest BCUT2D eigenvalue weighted by Gasteiger charge is -2.34. The smallest absolute Gasteiger partial charge is 0.227 e. The van der Waals surface area contributed by atoms with Gasteiger partial charge in [-0.15, -0.1) is 0 Å². The van der Waals surface area contributed by atoms with Gasteiger partial charge in [-0.1, -0.05) is 48.5 Å². The predicted molar refractivity (Wildman–Crippen MR) is 104 cm³/mol. The zero-order chi connectivity index (χ0) is 17.8. The van der Waals surface area contributed by atoms with Gasteiger partial charge in [-0.3, -0.25) is 14.7 Å². The van der Waals surface area contributed by atoms with Gasteiger partial charge in [0.2, 0.25) is 5.91 Å². The first-order chi connectivity index (χ1) is 12.8. The van der Waals surface area contributed by atoms with E-state index in [0.29, 0.717) is 6.42 Å². The lowest BCUT2D eigenvalue weighted by atomic mass is 10.0. The molecule has 0 N–H and O–H groups in total. The molecule has 1 aromatic heterocycles. The lowest BCUT2D eigenvalue weighted by molar-refractivity contribution is -0.132. The van der Waals surface area contributed by atoms with Gasteiger partial charge in [0.25, 0.3) is 0 Å². The molecule has 0 radical (unpaired) electrons. The van der Waals surface area contributed by atoms with Crippen molar-refractivity contribution in [1.82, 2.24) is 14.8 Å². The highest BCUT2D eigenvalue weighted by molar-refractivity contribution is 5.90. The van der Waals surface area contributed by atoms with E-state index in [-0.39, 0.29) is 5.91 Å². The van der Waals surface area contributed by atoms with Crippen molar-refractivity contribution in [1.29, 1.82) is 0 Å². The molecule has 132 valence electrons. The van der Waals surface area contributed by atoms with Crippen LogP contribution in [-0.4, -0.2) is 46.9 Å². The number of aromatic nitrogens is 1. The van der Waals surface area contributed by atoms with Crippen LogP contribution in [0.15, 0.2) is 66.9 Å². The van der Waals surface area contributed by atoms with E-state index < -0.39 is 0 Å². The van der Waals surface area contributed by atoms with Gasteiger partial charge < -0.3 is 4.90 Å². The summed E-state index contributed by atoms with van der Waals surface area (Å²) in [4.78, 5) is 21.5. The number of nitrogens with zero attached hydrogens (tertiary/aromatic N) is 3. The summed E-state index contributed by atoms with van der Waals surface area (Å²) < 4.78 is 0. The average Bonchev–Trinajstić information content (AvgIpc) is 2.70. The summed E-state index contributed by atoms with van der Waals surface area (Å²) in [6.45, 7) is 4.23. The van der Waals surface area contributed by atoms with Crippen molar-refractivity contribution in [2.45, 2.75) is 13.0 Å². The Hall–Kier alpha value is -2.72. The van der Waals surface area contributed by atoms with Crippen LogP contribution in [0.5, 0.6) is 0 Å². The summed E-state index contributed by atoms with van der Waals surface area (Å²) in [5.74, 6) is 0.221. The normalized spacial score (nSPS) is 15.3. The van der Waals surface area contributed by atoms with Crippen molar-refractivity contribution in [3.05, 3.63) is 78.1 Å². The largest absolute Gasteiger partial charge is 0.340 e. The van der Waals surface area contributed by atoms with Crippen LogP contribution in [0.3, 0.4) is 0 Å². The van der Waals surface area contributed by atoms with Crippen molar-refractivity contribution >= 4 is 16.7 Å². The Morgan fingerprint density at radius 2 is 1.65 bits per heavy atom. The van der Waals surface area contributed by atoms with Crippen LogP contribution >= 0.6 is 0 Å². The molecule has 4 heteroatoms. The number of amides is 1. The van der Waals surface area contributed by atoms with E-state index >= 15 is 0 Å². The minimum Gasteiger partial charge on any atom is -0.340 e. The van der Waals surface area contributed by atoms with E-state index in [1.165, 1.54) is 10.8 Å². The van der Waals surface area contributed by atoms with E-state index in [2.05, 4.69) is 40.2 Å². The average molecular weight is 345 g/mol. The Labute approximate surface area is 154 Å². The maximum absolute atomic E-state index is 12.8. The Balaban J connectivity index is 1.36. The highest BCUT2D eigenvalue weighted by Gasteiger charge is 2.21. The molecule has 4 nitrogen and oxygen atoms in total. The number of hydrogen-bond donors (Lipinski definition) is 0. The molecule has 26 heavy (non-hydrogen) atoms. The standard InChI is InChI=1S/C22H23N3O/c26-22(16-19-8-5-7-18-6-1-2-10-21(18)19)25-14-12-24(13-15-25)17-20-9-3-4-11-23-20/h1-11H,12-17H2. The van der Waals surface area contributed by atoms with Crippen LogP contribution in [0.4, 0.5) is 0 Å². The third-order valence-corrected chi connectivity index (χ3v) is 5.06. The number of piperazine rings is 1. The summed E-state index contributed by atoms with van der Waals surface area (Å²) in [6, 6.07) is 20.5. The number of carbonyl (C=O) groups excluding carboxylic acids is 1. The highest BCUT2D eigenvalue weighted by atomic mass is 16.2. The summed E-state index contributed by atoms with van der Waals surface area (Å²) in [5, 5.41) is 2.37. The summed E-state index contributed by atoms with van der Waals surface area (Å²) in [6.07, 6.45) is 2.31. The molecule has 0 bridgehead atoms. The first kappa shape index (κ1) is 16.7. The summed E-state index contributed by atoms with van der Waals surface area (Å²) in [5.41, 5.74) is 2.20. The van der Waals surface area contributed by atoms with Gasteiger partial charge in [-0.2, -0.15) is 0 Å². The first-order valence-corrected chi connectivity index (χ1v) is 9.16. The van der Waals surface area contributed by atoms with Crippen molar-refractivity contribution in [3.63, 3.8) is 0 Å². The molecule has 2 heterocycles. The van der Waals surface area contributed by atoms with Gasteiger partial charge in [0.05, 0.1) is 12.1 Å². The molecule has 0 unspecified atom stereocenters. The summed E-state index contributed by atoms with van der Waals surface area (Å²) >= 11 is 0. The third-order valence-electron chi connectivity index (χ3n) is 5.06. The fraction of sp³-hybridized carbons (Fsp3) is 0.273. The molecule has 1 aliphatic heterocycles. The molecule has 2 aromatic carbocycles. The maximum atomic E-state index is 12.8. The third kappa shape index (κ3) is 3.75. The molecule has 0 atom stereocenters. The Morgan fingerprint density at radius 3 is 2.46 bits per heavy atom. The minimum atomic E-state index is 0.221. The van der Waals surface area contributed by atoms with E-state index in [1.807, 2.05) is 41.4 Å². The first-order valence-electron chi connectivity index (χ1n) is 9.16. The van der Waals surface area contributed by atoms with Gasteiger partial charge in [0, 0.05) is 38.9 Å². The zero-order valence-corrected chi connectivity index (χ0v) is 14.8. The number of pyridine rings is 1. The Morgan fingerprint density at radius 1 is 0.885 bits per heavy atom. The van der Waals surface area contributed by atoms with Gasteiger partial charge in [0.1, 0.15) is 0 Å². The Bertz CT molecular complexity index is 881. The molecule has 3 aromatic rings. The van der Waals surface area contributed by atoms with Crippen molar-refractivity contribution in [2.24, 2.45) is 0 Å². The second-order valence-corrected chi connectivity index (χ2v) is 6.79. The van der Waals surface area contributed by atoms with E-state index in [1.54, 1.807) is 0 Å². The topological polar surface area (TPSA) is 36.4 Å². The fourth-order valence-corrected chi connectivity index (χ4v) is 3.60. The molecular formula is C22H23N3O. The summed E-state index contributed by atoms with van der Waals surface area (Å²) in [7, 11) is 0. The van der Waals surface area contributed by atoms with E-state index in [0.717, 1.165) is 44.0 Å². The van der Waals surface area contributed by atoms with Crippen molar-refractivity contribution in [2.75, 3.05) is 26.2 Å². The monoisotopic (exact) mass is 345 g/mol. The van der Waals surface area contributed by atoms with Crippen LogP contribution in [0.2, 0.25) is 0 Å². The highest BCUT2D eigenvalue weighted by Crippen LogP contribution is 2.20. The fourth-order valence-electron chi connectivity index (χ4n) is 3.60. The number of fused-ring (bicyclic) bond motifs is 1. The number of rotatable bonds is 4. The van der Waals surface area contributed by atoms with Gasteiger partial charge >= 0.3 is 0 Å². The van der Waals surface area contributed by atoms with Crippen molar-refractivity contribution < 1.29 is 4.79 Å². The molecule has 4 rings (SSSR count). The second kappa shape index (κ2) is 7.67. The molecule has 1 amide bonds. The van der Waals surface area contributed by atoms with Crippen LogP contribution < -0.4 is 0 Å². The number of hydrogen-bond acceptors (Lipinski definition) is 3.